The Hall–Kier alpha value is -0.530. The Morgan fingerprint density at radius 3 is 2.77 bits per heavy atom. The highest BCUT2D eigenvalue weighted by Gasteiger charge is 2.41. The fourth-order valence-electron chi connectivity index (χ4n) is 2.76. The maximum absolute atomic E-state index is 11.3. The van der Waals surface area contributed by atoms with E-state index in [1.807, 2.05) is 6.92 Å². The lowest BCUT2D eigenvalue weighted by Gasteiger charge is -2.21. The molecule has 0 heterocycles. The molecule has 2 nitrogen and oxygen atoms in total. The summed E-state index contributed by atoms with van der Waals surface area (Å²) in [6.07, 6.45) is 6.87. The number of hydrogen-bond donors (Lipinski definition) is 0. The first kappa shape index (κ1) is 9.04. The molecule has 2 fully saturated rings. The lowest BCUT2D eigenvalue weighted by atomic mass is 9.98. The van der Waals surface area contributed by atoms with Crippen LogP contribution >= 0.6 is 0 Å². The van der Waals surface area contributed by atoms with Gasteiger partial charge in [-0.25, -0.2) is 0 Å². The third-order valence-corrected chi connectivity index (χ3v) is 3.41. The summed E-state index contributed by atoms with van der Waals surface area (Å²) in [5.41, 5.74) is 0. The van der Waals surface area contributed by atoms with Crippen LogP contribution in [0.2, 0.25) is 0 Å². The third kappa shape index (κ3) is 1.87. The summed E-state index contributed by atoms with van der Waals surface area (Å²) < 4.78 is 5.45. The van der Waals surface area contributed by atoms with Crippen molar-refractivity contribution in [2.45, 2.75) is 51.6 Å². The predicted molar refractivity (Wildman–Crippen MR) is 50.2 cm³/mol. The van der Waals surface area contributed by atoms with Gasteiger partial charge in [0, 0.05) is 6.42 Å². The summed E-state index contributed by atoms with van der Waals surface area (Å²) in [5.74, 6) is 1.58. The van der Waals surface area contributed by atoms with E-state index >= 15 is 0 Å². The number of rotatable bonds is 3. The van der Waals surface area contributed by atoms with Gasteiger partial charge in [-0.15, -0.1) is 0 Å². The maximum atomic E-state index is 11.3. The number of fused-ring (bicyclic) bond motifs is 2. The van der Waals surface area contributed by atoms with Gasteiger partial charge in [0.2, 0.25) is 0 Å². The molecule has 74 valence electrons. The van der Waals surface area contributed by atoms with E-state index in [1.165, 1.54) is 19.3 Å². The average molecular weight is 182 g/mol. The van der Waals surface area contributed by atoms with Crippen LogP contribution in [0, 0.1) is 11.8 Å². The molecule has 3 atom stereocenters. The number of carbonyl (C=O) groups excluding carboxylic acids is 1. The van der Waals surface area contributed by atoms with Gasteiger partial charge in [0.1, 0.15) is 6.10 Å². The van der Waals surface area contributed by atoms with Gasteiger partial charge in [-0.2, -0.15) is 0 Å². The van der Waals surface area contributed by atoms with Crippen LogP contribution in [0.3, 0.4) is 0 Å². The van der Waals surface area contributed by atoms with Crippen molar-refractivity contribution in [3.63, 3.8) is 0 Å². The average Bonchev–Trinajstić information content (AvgIpc) is 2.65. The Balaban J connectivity index is 1.79. The molecule has 13 heavy (non-hydrogen) atoms. The summed E-state index contributed by atoms with van der Waals surface area (Å²) in [6, 6.07) is 0. The molecule has 2 aliphatic carbocycles. The van der Waals surface area contributed by atoms with Gasteiger partial charge in [0.25, 0.3) is 0 Å². The Morgan fingerprint density at radius 1 is 1.38 bits per heavy atom. The van der Waals surface area contributed by atoms with Crippen molar-refractivity contribution >= 4 is 5.97 Å². The van der Waals surface area contributed by atoms with E-state index in [0.717, 1.165) is 18.8 Å². The van der Waals surface area contributed by atoms with Crippen LogP contribution < -0.4 is 0 Å². The Bertz CT molecular complexity index is 200. The SMILES string of the molecule is CCCC(=O)O[C@@H]1CC2CCC1C2. The van der Waals surface area contributed by atoms with Crippen molar-refractivity contribution in [1.82, 2.24) is 0 Å². The highest BCUT2D eigenvalue weighted by Crippen LogP contribution is 2.45. The van der Waals surface area contributed by atoms with Gasteiger partial charge in [0.15, 0.2) is 0 Å². The number of esters is 1. The van der Waals surface area contributed by atoms with Crippen LogP contribution in [0.5, 0.6) is 0 Å². The van der Waals surface area contributed by atoms with E-state index in [9.17, 15) is 4.79 Å². The van der Waals surface area contributed by atoms with Crippen molar-refractivity contribution < 1.29 is 9.53 Å². The van der Waals surface area contributed by atoms with Gasteiger partial charge in [-0.3, -0.25) is 4.79 Å². The van der Waals surface area contributed by atoms with Gasteiger partial charge in [-0.05, 0) is 43.9 Å². The van der Waals surface area contributed by atoms with E-state index in [1.54, 1.807) is 0 Å². The molecule has 2 heteroatoms. The van der Waals surface area contributed by atoms with Crippen LogP contribution in [0.1, 0.15) is 45.4 Å². The van der Waals surface area contributed by atoms with E-state index < -0.39 is 0 Å². The molecule has 2 rings (SSSR count). The molecular formula is C11H18O2. The standard InChI is InChI=1S/C11H18O2/c1-2-3-11(12)13-10-7-8-4-5-9(10)6-8/h8-10H,2-7H2,1H3/t8?,9?,10-/m1/s1. The monoisotopic (exact) mass is 182 g/mol. The first-order valence-corrected chi connectivity index (χ1v) is 5.49. The number of hydrogen-bond acceptors (Lipinski definition) is 2. The zero-order valence-corrected chi connectivity index (χ0v) is 8.29. The summed E-state index contributed by atoms with van der Waals surface area (Å²) in [4.78, 5) is 11.3. The number of carbonyl (C=O) groups is 1. The lowest BCUT2D eigenvalue weighted by Crippen LogP contribution is -2.23. The minimum absolute atomic E-state index is 0.0139. The molecule has 0 aromatic carbocycles. The molecule has 0 aromatic rings. The van der Waals surface area contributed by atoms with Crippen LogP contribution in [-0.4, -0.2) is 12.1 Å². The minimum atomic E-state index is 0.0139. The molecule has 0 amide bonds. The second kappa shape index (κ2) is 3.69. The van der Waals surface area contributed by atoms with Crippen LogP contribution in [0.4, 0.5) is 0 Å². The van der Waals surface area contributed by atoms with Crippen molar-refractivity contribution in [3.8, 4) is 0 Å². The second-order valence-corrected chi connectivity index (χ2v) is 4.45. The largest absolute Gasteiger partial charge is 0.462 e. The molecular weight excluding hydrogens is 164 g/mol. The topological polar surface area (TPSA) is 26.3 Å². The van der Waals surface area contributed by atoms with Crippen LogP contribution in [-0.2, 0) is 9.53 Å². The highest BCUT2D eigenvalue weighted by atomic mass is 16.5. The van der Waals surface area contributed by atoms with Gasteiger partial charge in [-0.1, -0.05) is 6.92 Å². The quantitative estimate of drug-likeness (QED) is 0.627. The zero-order chi connectivity index (χ0) is 9.26. The molecule has 0 saturated heterocycles. The molecule has 2 aliphatic rings. The zero-order valence-electron chi connectivity index (χ0n) is 8.29. The fourth-order valence-corrected chi connectivity index (χ4v) is 2.76. The Labute approximate surface area is 79.7 Å². The van der Waals surface area contributed by atoms with Crippen molar-refractivity contribution in [1.29, 1.82) is 0 Å². The number of ether oxygens (including phenoxy) is 1. The van der Waals surface area contributed by atoms with Crippen molar-refractivity contribution in [2.24, 2.45) is 11.8 Å². The Morgan fingerprint density at radius 2 is 2.23 bits per heavy atom. The summed E-state index contributed by atoms with van der Waals surface area (Å²) in [7, 11) is 0. The molecule has 0 aliphatic heterocycles. The summed E-state index contributed by atoms with van der Waals surface area (Å²) >= 11 is 0. The van der Waals surface area contributed by atoms with E-state index in [0.29, 0.717) is 12.3 Å². The van der Waals surface area contributed by atoms with Gasteiger partial charge < -0.3 is 4.74 Å². The summed E-state index contributed by atoms with van der Waals surface area (Å²) in [5, 5.41) is 0. The molecule has 2 saturated carbocycles. The molecule has 0 aromatic heterocycles. The third-order valence-electron chi connectivity index (χ3n) is 3.41. The lowest BCUT2D eigenvalue weighted by molar-refractivity contribution is -0.151. The van der Waals surface area contributed by atoms with Crippen LogP contribution in [0.15, 0.2) is 0 Å². The van der Waals surface area contributed by atoms with Gasteiger partial charge in [0.05, 0.1) is 0 Å². The van der Waals surface area contributed by atoms with Gasteiger partial charge >= 0.3 is 5.97 Å². The Kier molecular flexibility index (Phi) is 2.56. The first-order chi connectivity index (χ1) is 6.29. The van der Waals surface area contributed by atoms with E-state index in [2.05, 4.69) is 0 Å². The fraction of sp³-hybridized carbons (Fsp3) is 0.909. The highest BCUT2D eigenvalue weighted by molar-refractivity contribution is 5.69. The molecule has 2 bridgehead atoms. The molecule has 0 radical (unpaired) electrons. The molecule has 0 spiro atoms. The summed E-state index contributed by atoms with van der Waals surface area (Å²) in [6.45, 7) is 2.02. The minimum Gasteiger partial charge on any atom is -0.462 e. The van der Waals surface area contributed by atoms with Crippen LogP contribution in [0.25, 0.3) is 0 Å². The normalized spacial score (nSPS) is 36.5. The molecule has 2 unspecified atom stereocenters. The van der Waals surface area contributed by atoms with Crippen molar-refractivity contribution in [2.75, 3.05) is 0 Å². The van der Waals surface area contributed by atoms with E-state index in [-0.39, 0.29) is 12.1 Å². The van der Waals surface area contributed by atoms with Crippen molar-refractivity contribution in [3.05, 3.63) is 0 Å². The second-order valence-electron chi connectivity index (χ2n) is 4.45. The smallest absolute Gasteiger partial charge is 0.306 e. The maximum Gasteiger partial charge on any atom is 0.306 e. The first-order valence-electron chi connectivity index (χ1n) is 5.49. The van der Waals surface area contributed by atoms with E-state index in [4.69, 9.17) is 4.74 Å². The predicted octanol–water partition coefficient (Wildman–Crippen LogP) is 2.52. The molecule has 0 N–H and O–H groups in total.